The van der Waals surface area contributed by atoms with E-state index in [1.54, 1.807) is 0 Å². The number of nitrogens with zero attached hydrogens (tertiary/aromatic N) is 2. The summed E-state index contributed by atoms with van der Waals surface area (Å²) in [5.41, 5.74) is 33.4. The van der Waals surface area contributed by atoms with E-state index in [0.29, 0.717) is 0 Å². The molecule has 0 amide bonds. The molecule has 2 heterocycles. The summed E-state index contributed by atoms with van der Waals surface area (Å²) in [5.74, 6) is 0. The third-order valence-corrected chi connectivity index (χ3v) is 23.5. The topological polar surface area (TPSA) is 32.8 Å². The van der Waals surface area contributed by atoms with Crippen molar-refractivity contribution in [1.82, 2.24) is 0 Å². The minimum absolute atomic E-state index is 0.472. The van der Waals surface area contributed by atoms with Crippen molar-refractivity contribution in [1.29, 1.82) is 0 Å². The van der Waals surface area contributed by atoms with Gasteiger partial charge < -0.3 is 18.6 Å². The number of anilines is 6. The molecule has 2 aromatic heterocycles. The van der Waals surface area contributed by atoms with Crippen molar-refractivity contribution in [2.75, 3.05) is 9.80 Å². The Morgan fingerprint density at radius 2 is 0.412 bits per heavy atom. The Labute approximate surface area is 663 Å². The first-order valence-corrected chi connectivity index (χ1v) is 39.2. The standard InChI is InChI=1S/C61H41NO.C49H33NO/c1-4-16-42(17-5-1)45-30-33-50(34-31-45)62(51-25-15-23-47(39-51)44-20-8-3-9-21-44)52-35-37-56-55-36-32-49(40-59(55)63-60(56)41-52)61(48-24-14-22-46(38-48)43-18-6-2-7-19-43)57-28-12-10-26-53(57)54-27-11-13-29-58(54)61;1-4-15-34(16-5-1)35-17-14-22-39(31-35)50(38-20-8-3-9-21-38)40-28-30-44-43-29-27-37(32-47(43)51-48(44)33-40)49(36-18-6-2-7-19-36)45-25-12-10-23-41(45)42-24-11-13-26-46(42)49/h1-41H;1-33H. The highest BCUT2D eigenvalue weighted by Gasteiger charge is 2.48. The zero-order chi connectivity index (χ0) is 75.5. The molecule has 0 bridgehead atoms. The number of hydrogen-bond donors (Lipinski definition) is 0. The molecular formula is C110H74N2O2. The van der Waals surface area contributed by atoms with Gasteiger partial charge in [-0.2, -0.15) is 0 Å². The Hall–Kier alpha value is -14.8. The van der Waals surface area contributed by atoms with Gasteiger partial charge in [0.05, 0.1) is 10.8 Å². The van der Waals surface area contributed by atoms with Crippen LogP contribution in [0.5, 0.6) is 0 Å². The third-order valence-electron chi connectivity index (χ3n) is 23.5. The van der Waals surface area contributed by atoms with Gasteiger partial charge in [0.25, 0.3) is 0 Å². The fourth-order valence-corrected chi connectivity index (χ4v) is 18.4. The first-order chi connectivity index (χ1) is 56.5. The van der Waals surface area contributed by atoms with Crippen LogP contribution in [0.2, 0.25) is 0 Å². The van der Waals surface area contributed by atoms with Gasteiger partial charge in [0.2, 0.25) is 0 Å². The van der Waals surface area contributed by atoms with Crippen LogP contribution in [0.3, 0.4) is 0 Å². The van der Waals surface area contributed by atoms with Crippen molar-refractivity contribution < 1.29 is 8.83 Å². The summed E-state index contributed by atoms with van der Waals surface area (Å²) < 4.78 is 13.8. The van der Waals surface area contributed by atoms with Crippen LogP contribution < -0.4 is 9.80 Å². The van der Waals surface area contributed by atoms with Crippen LogP contribution in [0.25, 0.3) is 111 Å². The molecule has 0 atom stereocenters. The van der Waals surface area contributed by atoms with Crippen LogP contribution in [-0.4, -0.2) is 0 Å². The van der Waals surface area contributed by atoms with Crippen molar-refractivity contribution in [3.05, 3.63) is 493 Å². The molecule has 20 aromatic rings. The van der Waals surface area contributed by atoms with E-state index in [4.69, 9.17) is 8.83 Å². The molecule has 0 N–H and O–H groups in total. The van der Waals surface area contributed by atoms with Crippen LogP contribution in [0.1, 0.15) is 44.5 Å². The number of rotatable bonds is 14. The predicted molar refractivity (Wildman–Crippen MR) is 473 cm³/mol. The quantitative estimate of drug-likeness (QED) is 0.109. The van der Waals surface area contributed by atoms with Crippen LogP contribution in [-0.2, 0) is 10.8 Å². The van der Waals surface area contributed by atoms with Crippen molar-refractivity contribution in [2.24, 2.45) is 0 Å². The Kier molecular flexibility index (Phi) is 16.7. The van der Waals surface area contributed by atoms with Crippen molar-refractivity contribution in [3.63, 3.8) is 0 Å². The lowest BCUT2D eigenvalue weighted by Gasteiger charge is -2.34. The number of fused-ring (bicyclic) bond motifs is 12. The van der Waals surface area contributed by atoms with Crippen LogP contribution >= 0.6 is 0 Å². The SMILES string of the molecule is c1ccc(-c2ccc(N(c3cccc(-c4ccccc4)c3)c3ccc4c(c3)oc3cc(C5(c6cccc(-c7ccccc7)c6)c6ccccc6-c6ccccc65)ccc34)cc2)cc1.c1ccc(-c2cccc(N(c3ccccc3)c3ccc4c(c3)oc3cc(C5(c6ccccc6)c6ccccc6-c6ccccc65)ccc34)c2)cc1. The fraction of sp³-hybridized carbons (Fsp3) is 0.0182. The Morgan fingerprint density at radius 3 is 0.825 bits per heavy atom. The number of hydrogen-bond acceptors (Lipinski definition) is 4. The molecule has 0 unspecified atom stereocenters. The van der Waals surface area contributed by atoms with Gasteiger partial charge in [0, 0.05) is 67.8 Å². The average Bonchev–Trinajstić information content (AvgIpc) is 1.54. The summed E-state index contributed by atoms with van der Waals surface area (Å²) in [6.07, 6.45) is 0. The number of benzene rings is 18. The molecule has 114 heavy (non-hydrogen) atoms. The first-order valence-electron chi connectivity index (χ1n) is 39.2. The molecule has 0 radical (unpaired) electrons. The maximum Gasteiger partial charge on any atom is 0.137 e. The van der Waals surface area contributed by atoms with Gasteiger partial charge in [0.15, 0.2) is 0 Å². The summed E-state index contributed by atoms with van der Waals surface area (Å²) in [7, 11) is 0. The smallest absolute Gasteiger partial charge is 0.137 e. The van der Waals surface area contributed by atoms with Crippen LogP contribution in [0.15, 0.2) is 458 Å². The highest BCUT2D eigenvalue weighted by atomic mass is 16.3. The molecular weight excluding hydrogens is 1380 g/mol. The zero-order valence-electron chi connectivity index (χ0n) is 62.4. The monoisotopic (exact) mass is 1450 g/mol. The minimum atomic E-state index is -0.567. The van der Waals surface area contributed by atoms with Crippen molar-refractivity contribution >= 4 is 78.0 Å². The summed E-state index contributed by atoms with van der Waals surface area (Å²) in [5, 5.41) is 4.40. The Bertz CT molecular complexity index is 6880. The highest BCUT2D eigenvalue weighted by molar-refractivity contribution is 6.08. The van der Waals surface area contributed by atoms with Gasteiger partial charge in [-0.05, 0) is 202 Å². The van der Waals surface area contributed by atoms with E-state index < -0.39 is 10.8 Å². The number of furan rings is 2. The maximum absolute atomic E-state index is 7.01. The van der Waals surface area contributed by atoms with E-state index in [1.807, 2.05) is 0 Å². The third kappa shape index (κ3) is 11.4. The normalized spacial score (nSPS) is 12.7. The Balaban J connectivity index is 0.000000146. The molecule has 0 aliphatic heterocycles. The average molecular weight is 1460 g/mol. The van der Waals surface area contributed by atoms with Crippen molar-refractivity contribution in [3.8, 4) is 66.8 Å². The van der Waals surface area contributed by atoms with Gasteiger partial charge in [-0.25, -0.2) is 0 Å². The lowest BCUT2D eigenvalue weighted by molar-refractivity contribution is 0.665. The molecule has 0 fully saturated rings. The summed E-state index contributed by atoms with van der Waals surface area (Å²) >= 11 is 0. The molecule has 0 saturated carbocycles. The van der Waals surface area contributed by atoms with E-state index in [9.17, 15) is 0 Å². The van der Waals surface area contributed by atoms with Crippen LogP contribution in [0, 0.1) is 0 Å². The lowest BCUT2D eigenvalue weighted by Crippen LogP contribution is -2.28. The molecule has 22 rings (SSSR count). The Morgan fingerprint density at radius 1 is 0.158 bits per heavy atom. The molecule has 0 saturated heterocycles. The van der Waals surface area contributed by atoms with E-state index >= 15 is 0 Å². The second kappa shape index (κ2) is 28.2. The minimum Gasteiger partial charge on any atom is -0.456 e. The maximum atomic E-state index is 7.01. The van der Waals surface area contributed by atoms with Crippen molar-refractivity contribution in [2.45, 2.75) is 10.8 Å². The van der Waals surface area contributed by atoms with Gasteiger partial charge >= 0.3 is 0 Å². The van der Waals surface area contributed by atoms with E-state index in [0.717, 1.165) is 83.6 Å². The van der Waals surface area contributed by atoms with Gasteiger partial charge in [-0.3, -0.25) is 0 Å². The van der Waals surface area contributed by atoms with E-state index in [2.05, 4.69) is 459 Å². The molecule has 18 aromatic carbocycles. The highest BCUT2D eigenvalue weighted by Crippen LogP contribution is 2.59. The largest absolute Gasteiger partial charge is 0.456 e. The summed E-state index contributed by atoms with van der Waals surface area (Å²) in [6.45, 7) is 0. The predicted octanol–water partition coefficient (Wildman–Crippen LogP) is 29.5. The first kappa shape index (κ1) is 67.3. The van der Waals surface area contributed by atoms with Gasteiger partial charge in [0.1, 0.15) is 22.3 Å². The molecule has 2 aliphatic rings. The second-order valence-corrected chi connectivity index (χ2v) is 29.7. The van der Waals surface area contributed by atoms with E-state index in [1.165, 1.54) is 106 Å². The molecule has 4 heteroatoms. The molecule has 0 spiro atoms. The van der Waals surface area contributed by atoms with Gasteiger partial charge in [-0.1, -0.05) is 346 Å². The van der Waals surface area contributed by atoms with Crippen LogP contribution in [0.4, 0.5) is 34.1 Å². The summed E-state index contributed by atoms with van der Waals surface area (Å²) in [6, 6.07) is 162. The second-order valence-electron chi connectivity index (χ2n) is 29.7. The zero-order valence-corrected chi connectivity index (χ0v) is 62.4. The summed E-state index contributed by atoms with van der Waals surface area (Å²) in [4.78, 5) is 4.64. The van der Waals surface area contributed by atoms with Gasteiger partial charge in [-0.15, -0.1) is 0 Å². The fourth-order valence-electron chi connectivity index (χ4n) is 18.4. The molecule has 4 nitrogen and oxygen atoms in total. The molecule has 536 valence electrons. The molecule has 2 aliphatic carbocycles. The van der Waals surface area contributed by atoms with E-state index in [-0.39, 0.29) is 0 Å². The number of para-hydroxylation sites is 1. The lowest BCUT2D eigenvalue weighted by atomic mass is 9.67.